The van der Waals surface area contributed by atoms with E-state index in [0.717, 1.165) is 4.47 Å². The van der Waals surface area contributed by atoms with Gasteiger partial charge in [0.1, 0.15) is 16.4 Å². The summed E-state index contributed by atoms with van der Waals surface area (Å²) in [5.41, 5.74) is 5.73. The molecule has 0 bridgehead atoms. The molecule has 0 aliphatic rings. The third-order valence-electron chi connectivity index (χ3n) is 2.59. The molecule has 20 heavy (non-hydrogen) atoms. The van der Waals surface area contributed by atoms with Crippen molar-refractivity contribution < 1.29 is 12.8 Å². The van der Waals surface area contributed by atoms with Crippen LogP contribution in [0.4, 0.5) is 5.69 Å². The molecule has 0 saturated carbocycles. The number of benzene rings is 1. The van der Waals surface area contributed by atoms with Gasteiger partial charge < -0.3 is 10.2 Å². The first kappa shape index (κ1) is 15.4. The van der Waals surface area contributed by atoms with E-state index in [1.807, 2.05) is 0 Å². The number of nitrogens with one attached hydrogen (secondary N) is 1. The van der Waals surface area contributed by atoms with E-state index in [1.54, 1.807) is 25.1 Å². The van der Waals surface area contributed by atoms with Crippen molar-refractivity contribution in [3.63, 3.8) is 0 Å². The molecule has 108 valence electrons. The molecule has 1 heterocycles. The first-order valence-corrected chi connectivity index (χ1v) is 8.26. The minimum Gasteiger partial charge on any atom is -0.464 e. The zero-order valence-electron chi connectivity index (χ0n) is 10.5. The van der Waals surface area contributed by atoms with Crippen molar-refractivity contribution in [2.24, 2.45) is 5.73 Å². The molecular formula is C12H12BrClN2O3S. The molecule has 0 radical (unpaired) electrons. The monoisotopic (exact) mass is 378 g/mol. The highest BCUT2D eigenvalue weighted by Gasteiger charge is 2.22. The summed E-state index contributed by atoms with van der Waals surface area (Å²) in [6.45, 7) is 1.70. The Kier molecular flexibility index (Phi) is 4.43. The van der Waals surface area contributed by atoms with Crippen LogP contribution in [0.2, 0.25) is 5.02 Å². The molecule has 0 fully saturated rings. The normalized spacial score (nSPS) is 11.6. The summed E-state index contributed by atoms with van der Waals surface area (Å²) in [6, 6.07) is 6.28. The Morgan fingerprint density at radius 1 is 1.40 bits per heavy atom. The van der Waals surface area contributed by atoms with Gasteiger partial charge in [-0.25, -0.2) is 8.42 Å². The second kappa shape index (κ2) is 5.77. The van der Waals surface area contributed by atoms with E-state index < -0.39 is 10.0 Å². The molecular weight excluding hydrogens is 368 g/mol. The van der Waals surface area contributed by atoms with Crippen LogP contribution in [0.3, 0.4) is 0 Å². The van der Waals surface area contributed by atoms with Gasteiger partial charge in [-0.2, -0.15) is 0 Å². The van der Waals surface area contributed by atoms with Crippen molar-refractivity contribution in [2.75, 3.05) is 4.72 Å². The van der Waals surface area contributed by atoms with E-state index in [-0.39, 0.29) is 17.2 Å². The summed E-state index contributed by atoms with van der Waals surface area (Å²) >= 11 is 9.25. The van der Waals surface area contributed by atoms with Crippen molar-refractivity contribution in [3.05, 3.63) is 45.3 Å². The number of aryl methyl sites for hydroxylation is 1. The SMILES string of the molecule is Cc1oc(CN)cc1S(=O)(=O)Nc1ccc(Br)cc1Cl. The van der Waals surface area contributed by atoms with Crippen molar-refractivity contribution in [2.45, 2.75) is 18.4 Å². The van der Waals surface area contributed by atoms with Crippen LogP contribution in [-0.4, -0.2) is 8.42 Å². The molecule has 0 saturated heterocycles. The topological polar surface area (TPSA) is 85.3 Å². The lowest BCUT2D eigenvalue weighted by Crippen LogP contribution is -2.13. The molecule has 0 aliphatic carbocycles. The number of rotatable bonds is 4. The number of nitrogens with two attached hydrogens (primary N) is 1. The van der Waals surface area contributed by atoms with Crippen molar-refractivity contribution in [1.29, 1.82) is 0 Å². The zero-order chi connectivity index (χ0) is 14.9. The van der Waals surface area contributed by atoms with E-state index in [9.17, 15) is 8.42 Å². The van der Waals surface area contributed by atoms with Crippen LogP contribution >= 0.6 is 27.5 Å². The zero-order valence-corrected chi connectivity index (χ0v) is 13.6. The van der Waals surface area contributed by atoms with Gasteiger partial charge in [-0.15, -0.1) is 0 Å². The molecule has 0 aliphatic heterocycles. The first-order valence-electron chi connectivity index (χ1n) is 5.60. The number of anilines is 1. The Balaban J connectivity index is 2.38. The van der Waals surface area contributed by atoms with Crippen molar-refractivity contribution >= 4 is 43.2 Å². The van der Waals surface area contributed by atoms with Gasteiger partial charge in [0, 0.05) is 10.5 Å². The fourth-order valence-corrected chi connectivity index (χ4v) is 3.72. The molecule has 0 amide bonds. The lowest BCUT2D eigenvalue weighted by molar-refractivity contribution is 0.479. The second-order valence-electron chi connectivity index (χ2n) is 4.07. The second-order valence-corrected chi connectivity index (χ2v) is 7.04. The molecule has 1 aromatic heterocycles. The molecule has 0 unspecified atom stereocenters. The number of furan rings is 1. The number of sulfonamides is 1. The van der Waals surface area contributed by atoms with Gasteiger partial charge in [0.05, 0.1) is 17.3 Å². The van der Waals surface area contributed by atoms with Crippen LogP contribution in [0, 0.1) is 6.92 Å². The molecule has 2 aromatic rings. The Morgan fingerprint density at radius 2 is 2.10 bits per heavy atom. The minimum absolute atomic E-state index is 0.0527. The summed E-state index contributed by atoms with van der Waals surface area (Å²) < 4.78 is 33.1. The van der Waals surface area contributed by atoms with Gasteiger partial charge in [-0.3, -0.25) is 4.72 Å². The maximum absolute atomic E-state index is 12.3. The fourth-order valence-electron chi connectivity index (χ4n) is 1.66. The third-order valence-corrected chi connectivity index (χ3v) is 4.87. The maximum atomic E-state index is 12.3. The smallest absolute Gasteiger partial charge is 0.265 e. The van der Waals surface area contributed by atoms with E-state index in [1.165, 1.54) is 6.07 Å². The predicted octanol–water partition coefficient (Wildman–Crippen LogP) is 3.26. The Labute approximate surface area is 130 Å². The van der Waals surface area contributed by atoms with Crippen LogP contribution < -0.4 is 10.5 Å². The largest absolute Gasteiger partial charge is 0.464 e. The molecule has 0 atom stereocenters. The molecule has 0 spiro atoms. The maximum Gasteiger partial charge on any atom is 0.265 e. The summed E-state index contributed by atoms with van der Waals surface area (Å²) in [7, 11) is -3.77. The first-order chi connectivity index (χ1) is 9.33. The van der Waals surface area contributed by atoms with Gasteiger partial charge in [-0.1, -0.05) is 27.5 Å². The Bertz CT molecular complexity index is 743. The lowest BCUT2D eigenvalue weighted by atomic mass is 10.3. The van der Waals surface area contributed by atoms with Crippen molar-refractivity contribution in [1.82, 2.24) is 0 Å². The molecule has 5 nitrogen and oxygen atoms in total. The number of halogens is 2. The summed E-state index contributed by atoms with van der Waals surface area (Å²) in [4.78, 5) is 0.0527. The highest BCUT2D eigenvalue weighted by molar-refractivity contribution is 9.10. The standard InChI is InChI=1S/C12H12BrClN2O3S/c1-7-12(5-9(6-15)19-7)20(17,18)16-11-3-2-8(13)4-10(11)14/h2-5,16H,6,15H2,1H3. The summed E-state index contributed by atoms with van der Waals surface area (Å²) in [6.07, 6.45) is 0. The number of hydrogen-bond acceptors (Lipinski definition) is 4. The fraction of sp³-hybridized carbons (Fsp3) is 0.167. The lowest BCUT2D eigenvalue weighted by Gasteiger charge is -2.08. The third kappa shape index (κ3) is 3.17. The average molecular weight is 380 g/mol. The van der Waals surface area contributed by atoms with E-state index in [0.29, 0.717) is 16.5 Å². The van der Waals surface area contributed by atoms with Gasteiger partial charge in [0.25, 0.3) is 10.0 Å². The summed E-state index contributed by atoms with van der Waals surface area (Å²) in [5, 5.41) is 0.295. The van der Waals surface area contributed by atoms with Gasteiger partial charge in [0.2, 0.25) is 0 Å². The average Bonchev–Trinajstić information content (AvgIpc) is 2.75. The number of hydrogen-bond donors (Lipinski definition) is 2. The molecule has 1 aromatic carbocycles. The van der Waals surface area contributed by atoms with Crippen molar-refractivity contribution in [3.8, 4) is 0 Å². The molecule has 2 rings (SSSR count). The van der Waals surface area contributed by atoms with Crippen LogP contribution in [0.5, 0.6) is 0 Å². The highest BCUT2D eigenvalue weighted by Crippen LogP contribution is 2.29. The van der Waals surface area contributed by atoms with Gasteiger partial charge in [0.15, 0.2) is 0 Å². The quantitative estimate of drug-likeness (QED) is 0.854. The summed E-state index contributed by atoms with van der Waals surface area (Å²) in [5.74, 6) is 0.691. The van der Waals surface area contributed by atoms with E-state index in [4.69, 9.17) is 21.8 Å². The predicted molar refractivity (Wildman–Crippen MR) is 81.3 cm³/mol. The van der Waals surface area contributed by atoms with Gasteiger partial charge >= 0.3 is 0 Å². The molecule has 8 heteroatoms. The van der Waals surface area contributed by atoms with E-state index in [2.05, 4.69) is 20.7 Å². The Morgan fingerprint density at radius 3 is 2.65 bits per heavy atom. The van der Waals surface area contributed by atoms with Crippen LogP contribution in [0.15, 0.2) is 38.1 Å². The van der Waals surface area contributed by atoms with E-state index >= 15 is 0 Å². The van der Waals surface area contributed by atoms with Crippen LogP contribution in [0.25, 0.3) is 0 Å². The van der Waals surface area contributed by atoms with Crippen LogP contribution in [0.1, 0.15) is 11.5 Å². The highest BCUT2D eigenvalue weighted by atomic mass is 79.9. The minimum atomic E-state index is -3.77. The Hall–Kier alpha value is -1.02. The van der Waals surface area contributed by atoms with Crippen LogP contribution in [-0.2, 0) is 16.6 Å². The van der Waals surface area contributed by atoms with Gasteiger partial charge in [-0.05, 0) is 25.1 Å². The molecule has 3 N–H and O–H groups in total.